The van der Waals surface area contributed by atoms with E-state index < -0.39 is 0 Å². The van der Waals surface area contributed by atoms with E-state index in [1.807, 2.05) is 6.20 Å². The van der Waals surface area contributed by atoms with Gasteiger partial charge in [0.1, 0.15) is 0 Å². The standard InChI is InChI=1S/C18H26N2S/c1-13(15-7-5-3-4-6-8-15)20-14(2)16-11-18-17(19-12-16)9-10-21-18/h9-15,20H,3-8H2,1-2H3/t13-,14?/m0/s1. The van der Waals surface area contributed by atoms with Gasteiger partial charge in [0.25, 0.3) is 0 Å². The van der Waals surface area contributed by atoms with Crippen molar-refractivity contribution in [3.05, 3.63) is 29.3 Å². The van der Waals surface area contributed by atoms with Crippen LogP contribution in [0.25, 0.3) is 10.2 Å². The summed E-state index contributed by atoms with van der Waals surface area (Å²) in [6, 6.07) is 5.36. The Bertz CT molecular complexity index is 569. The molecule has 1 fully saturated rings. The van der Waals surface area contributed by atoms with Crippen molar-refractivity contribution < 1.29 is 0 Å². The van der Waals surface area contributed by atoms with Crippen molar-refractivity contribution in [3.8, 4) is 0 Å². The molecule has 0 aromatic carbocycles. The lowest BCUT2D eigenvalue weighted by molar-refractivity contribution is 0.316. The van der Waals surface area contributed by atoms with Crippen molar-refractivity contribution >= 4 is 21.6 Å². The van der Waals surface area contributed by atoms with Crippen LogP contribution in [0.15, 0.2) is 23.7 Å². The second-order valence-corrected chi connectivity index (χ2v) is 7.45. The van der Waals surface area contributed by atoms with Crippen LogP contribution in [-0.2, 0) is 0 Å². The molecule has 0 spiro atoms. The number of nitrogens with one attached hydrogen (secondary N) is 1. The smallest absolute Gasteiger partial charge is 0.0809 e. The van der Waals surface area contributed by atoms with Gasteiger partial charge in [-0.25, -0.2) is 0 Å². The van der Waals surface area contributed by atoms with Crippen molar-refractivity contribution in [2.75, 3.05) is 0 Å². The summed E-state index contributed by atoms with van der Waals surface area (Å²) in [5.74, 6) is 0.841. The van der Waals surface area contributed by atoms with E-state index in [1.165, 1.54) is 48.8 Å². The average molecular weight is 302 g/mol. The molecule has 21 heavy (non-hydrogen) atoms. The molecule has 1 unspecified atom stereocenters. The molecule has 3 rings (SSSR count). The lowest BCUT2D eigenvalue weighted by Gasteiger charge is -2.27. The number of fused-ring (bicyclic) bond motifs is 1. The van der Waals surface area contributed by atoms with Crippen LogP contribution < -0.4 is 5.32 Å². The third kappa shape index (κ3) is 3.64. The quantitative estimate of drug-likeness (QED) is 0.775. The van der Waals surface area contributed by atoms with E-state index >= 15 is 0 Å². The second kappa shape index (κ2) is 6.89. The molecule has 1 N–H and O–H groups in total. The second-order valence-electron chi connectivity index (χ2n) is 6.50. The normalized spacial score (nSPS) is 20.3. The number of hydrogen-bond acceptors (Lipinski definition) is 3. The monoisotopic (exact) mass is 302 g/mol. The predicted octanol–water partition coefficient (Wildman–Crippen LogP) is 5.31. The fraction of sp³-hybridized carbons (Fsp3) is 0.611. The van der Waals surface area contributed by atoms with Crippen LogP contribution in [0, 0.1) is 5.92 Å². The molecule has 1 aliphatic rings. The Labute approximate surface area is 132 Å². The summed E-state index contributed by atoms with van der Waals surface area (Å²) in [4.78, 5) is 4.57. The Balaban J connectivity index is 1.65. The molecule has 1 saturated carbocycles. The topological polar surface area (TPSA) is 24.9 Å². The highest BCUT2D eigenvalue weighted by molar-refractivity contribution is 7.17. The zero-order valence-corrected chi connectivity index (χ0v) is 14.0. The first kappa shape index (κ1) is 15.0. The molecule has 2 aromatic heterocycles. The first-order valence-corrected chi connectivity index (χ1v) is 9.21. The molecule has 2 aromatic rings. The van der Waals surface area contributed by atoms with Gasteiger partial charge in [-0.1, -0.05) is 25.7 Å². The van der Waals surface area contributed by atoms with E-state index in [-0.39, 0.29) is 0 Å². The maximum Gasteiger partial charge on any atom is 0.0809 e. The molecule has 114 valence electrons. The number of nitrogens with zero attached hydrogens (tertiary/aromatic N) is 1. The minimum Gasteiger partial charge on any atom is -0.307 e. The molecular weight excluding hydrogens is 276 g/mol. The van der Waals surface area contributed by atoms with E-state index in [0.29, 0.717) is 12.1 Å². The Kier molecular flexibility index (Phi) is 4.91. The lowest BCUT2D eigenvalue weighted by Crippen LogP contribution is -2.35. The van der Waals surface area contributed by atoms with Gasteiger partial charge in [-0.15, -0.1) is 11.3 Å². The van der Waals surface area contributed by atoms with Gasteiger partial charge in [0.05, 0.1) is 10.2 Å². The first-order chi connectivity index (χ1) is 10.2. The fourth-order valence-electron chi connectivity index (χ4n) is 3.54. The molecule has 0 aliphatic heterocycles. The van der Waals surface area contributed by atoms with Crippen LogP contribution in [0.3, 0.4) is 0 Å². The molecule has 1 aliphatic carbocycles. The summed E-state index contributed by atoms with van der Waals surface area (Å²) >= 11 is 1.78. The van der Waals surface area contributed by atoms with E-state index in [9.17, 15) is 0 Å². The van der Waals surface area contributed by atoms with Crippen molar-refractivity contribution in [3.63, 3.8) is 0 Å². The Morgan fingerprint density at radius 2 is 1.95 bits per heavy atom. The van der Waals surface area contributed by atoms with Crippen LogP contribution >= 0.6 is 11.3 Å². The van der Waals surface area contributed by atoms with Crippen molar-refractivity contribution in [2.24, 2.45) is 5.92 Å². The van der Waals surface area contributed by atoms with E-state index in [0.717, 1.165) is 11.4 Å². The SMILES string of the molecule is CC(N[C@@H](C)C1CCCCCC1)c1cnc2ccsc2c1. The van der Waals surface area contributed by atoms with E-state index in [4.69, 9.17) is 0 Å². The zero-order valence-electron chi connectivity index (χ0n) is 13.1. The summed E-state index contributed by atoms with van der Waals surface area (Å²) in [5.41, 5.74) is 2.43. The first-order valence-electron chi connectivity index (χ1n) is 8.33. The number of rotatable bonds is 4. The Hall–Kier alpha value is -0.930. The largest absolute Gasteiger partial charge is 0.307 e. The maximum atomic E-state index is 4.57. The molecule has 0 amide bonds. The Morgan fingerprint density at radius 3 is 2.71 bits per heavy atom. The highest BCUT2D eigenvalue weighted by Gasteiger charge is 2.20. The van der Waals surface area contributed by atoms with Gasteiger partial charge in [0.15, 0.2) is 0 Å². The van der Waals surface area contributed by atoms with Gasteiger partial charge in [-0.2, -0.15) is 0 Å². The highest BCUT2D eigenvalue weighted by atomic mass is 32.1. The molecule has 0 bridgehead atoms. The molecule has 2 atom stereocenters. The zero-order chi connectivity index (χ0) is 14.7. The van der Waals surface area contributed by atoms with Crippen LogP contribution in [0.5, 0.6) is 0 Å². The fourth-order valence-corrected chi connectivity index (χ4v) is 4.33. The molecule has 3 heteroatoms. The van der Waals surface area contributed by atoms with Crippen LogP contribution in [0.4, 0.5) is 0 Å². The number of thiophene rings is 1. The van der Waals surface area contributed by atoms with Gasteiger partial charge in [-0.05, 0) is 55.7 Å². The third-order valence-corrected chi connectivity index (χ3v) is 5.80. The van der Waals surface area contributed by atoms with Gasteiger partial charge >= 0.3 is 0 Å². The van der Waals surface area contributed by atoms with E-state index in [2.05, 4.69) is 41.7 Å². The summed E-state index contributed by atoms with van der Waals surface area (Å²) in [6.07, 6.45) is 10.5. The third-order valence-electron chi connectivity index (χ3n) is 4.94. The van der Waals surface area contributed by atoms with Crippen LogP contribution in [0.2, 0.25) is 0 Å². The van der Waals surface area contributed by atoms with Gasteiger partial charge in [0.2, 0.25) is 0 Å². The number of hydrogen-bond donors (Lipinski definition) is 1. The number of pyridine rings is 1. The van der Waals surface area contributed by atoms with Crippen LogP contribution in [-0.4, -0.2) is 11.0 Å². The summed E-state index contributed by atoms with van der Waals surface area (Å²) in [6.45, 7) is 4.63. The van der Waals surface area contributed by atoms with Gasteiger partial charge in [-0.3, -0.25) is 4.98 Å². The van der Waals surface area contributed by atoms with Crippen molar-refractivity contribution in [2.45, 2.75) is 64.5 Å². The van der Waals surface area contributed by atoms with Crippen molar-refractivity contribution in [1.29, 1.82) is 0 Å². The highest BCUT2D eigenvalue weighted by Crippen LogP contribution is 2.28. The Morgan fingerprint density at radius 1 is 1.19 bits per heavy atom. The average Bonchev–Trinajstić information content (AvgIpc) is 2.78. The van der Waals surface area contributed by atoms with E-state index in [1.54, 1.807) is 11.3 Å². The van der Waals surface area contributed by atoms with Gasteiger partial charge in [0, 0.05) is 18.3 Å². The maximum absolute atomic E-state index is 4.57. The lowest BCUT2D eigenvalue weighted by atomic mass is 9.92. The summed E-state index contributed by atoms with van der Waals surface area (Å²) < 4.78 is 1.29. The minimum absolute atomic E-state index is 0.377. The summed E-state index contributed by atoms with van der Waals surface area (Å²) in [5, 5.41) is 5.93. The molecule has 0 radical (unpaired) electrons. The van der Waals surface area contributed by atoms with Crippen molar-refractivity contribution in [1.82, 2.24) is 10.3 Å². The summed E-state index contributed by atoms with van der Waals surface area (Å²) in [7, 11) is 0. The molecule has 2 nitrogen and oxygen atoms in total. The minimum atomic E-state index is 0.377. The number of aromatic nitrogens is 1. The predicted molar refractivity (Wildman–Crippen MR) is 91.8 cm³/mol. The molecular formula is C18H26N2S. The van der Waals surface area contributed by atoms with Crippen LogP contribution in [0.1, 0.15) is 64.0 Å². The van der Waals surface area contributed by atoms with Gasteiger partial charge < -0.3 is 5.32 Å². The molecule has 2 heterocycles. The molecule has 0 saturated heterocycles.